The molecule has 1 atom stereocenters. The lowest BCUT2D eigenvalue weighted by Gasteiger charge is -2.15. The molecule has 0 aliphatic carbocycles. The highest BCUT2D eigenvalue weighted by Gasteiger charge is 2.12. The van der Waals surface area contributed by atoms with Crippen molar-refractivity contribution in [3.8, 4) is 11.5 Å². The summed E-state index contributed by atoms with van der Waals surface area (Å²) in [6.07, 6.45) is 0.783. The summed E-state index contributed by atoms with van der Waals surface area (Å²) in [6.45, 7) is 0.551. The minimum Gasteiger partial charge on any atom is -0.508 e. The first-order valence-electron chi connectivity index (χ1n) is 6.29. The van der Waals surface area contributed by atoms with Crippen LogP contribution in [-0.2, 0) is 6.42 Å². The molecule has 2 rings (SSSR count). The van der Waals surface area contributed by atoms with Crippen LogP contribution in [0.1, 0.15) is 17.0 Å². The number of aromatic hydroxyl groups is 2. The molecule has 0 aliphatic heterocycles. The summed E-state index contributed by atoms with van der Waals surface area (Å²) in [7, 11) is 0. The third-order valence-corrected chi connectivity index (χ3v) is 3.29. The number of phenols is 2. The van der Waals surface area contributed by atoms with Gasteiger partial charge in [0.25, 0.3) is 0 Å². The number of phenolic OH excluding ortho intramolecular Hbond substituents is 2. The van der Waals surface area contributed by atoms with E-state index in [1.807, 2.05) is 24.3 Å². The van der Waals surface area contributed by atoms with E-state index < -0.39 is 0 Å². The predicted octanol–water partition coefficient (Wildman–Crippen LogP) is 3.53. The first-order chi connectivity index (χ1) is 9.69. The maximum absolute atomic E-state index is 9.35. The van der Waals surface area contributed by atoms with Crippen LogP contribution >= 0.6 is 12.2 Å². The van der Waals surface area contributed by atoms with Crippen molar-refractivity contribution in [2.45, 2.75) is 12.3 Å². The van der Waals surface area contributed by atoms with E-state index in [0.717, 1.165) is 17.5 Å². The molecule has 0 bridgehead atoms. The van der Waals surface area contributed by atoms with Crippen LogP contribution in [0.25, 0.3) is 0 Å². The molecule has 0 amide bonds. The monoisotopic (exact) mass is 285 g/mol. The lowest BCUT2D eigenvalue weighted by Crippen LogP contribution is -2.06. The minimum atomic E-state index is 0.163. The molecule has 1 unspecified atom stereocenters. The van der Waals surface area contributed by atoms with Gasteiger partial charge >= 0.3 is 0 Å². The molecule has 4 heteroatoms. The van der Waals surface area contributed by atoms with Crippen LogP contribution in [-0.4, -0.2) is 21.9 Å². The summed E-state index contributed by atoms with van der Waals surface area (Å²) in [5, 5.41) is 21.1. The first-order valence-corrected chi connectivity index (χ1v) is 6.70. The second-order valence-corrected chi connectivity index (χ2v) is 4.77. The number of benzene rings is 2. The molecule has 3 nitrogen and oxygen atoms in total. The van der Waals surface area contributed by atoms with E-state index in [1.54, 1.807) is 24.3 Å². The van der Waals surface area contributed by atoms with Crippen LogP contribution in [0, 0.1) is 0 Å². The van der Waals surface area contributed by atoms with Crippen molar-refractivity contribution in [1.29, 1.82) is 0 Å². The van der Waals surface area contributed by atoms with Crippen LogP contribution in [0.3, 0.4) is 0 Å². The average Bonchev–Trinajstić information content (AvgIpc) is 2.46. The zero-order valence-corrected chi connectivity index (χ0v) is 11.7. The first kappa shape index (κ1) is 14.3. The standard InChI is InChI=1S/C16H15NO2S/c18-15-5-1-12(2-6-15)9-14(10-17-11-20)13-3-7-16(19)8-4-13/h1-8,14,18-19H,9-10H2. The molecular formula is C16H15NO2S. The Balaban J connectivity index is 2.20. The molecule has 0 saturated carbocycles. The summed E-state index contributed by atoms with van der Waals surface area (Å²) in [4.78, 5) is 4.04. The predicted molar refractivity (Wildman–Crippen MR) is 82.6 cm³/mol. The Kier molecular flexibility index (Phi) is 4.88. The number of nitrogens with zero attached hydrogens (tertiary/aromatic N) is 1. The van der Waals surface area contributed by atoms with Gasteiger partial charge in [-0.15, -0.1) is 0 Å². The lowest BCUT2D eigenvalue weighted by atomic mass is 9.92. The van der Waals surface area contributed by atoms with Crippen molar-refractivity contribution in [2.75, 3.05) is 6.54 Å². The fourth-order valence-electron chi connectivity index (χ4n) is 2.10. The molecule has 2 aromatic carbocycles. The molecule has 0 aromatic heterocycles. The van der Waals surface area contributed by atoms with Crippen molar-refractivity contribution >= 4 is 17.4 Å². The second kappa shape index (κ2) is 6.85. The molecule has 2 aromatic rings. The highest BCUT2D eigenvalue weighted by Crippen LogP contribution is 2.24. The van der Waals surface area contributed by atoms with E-state index in [2.05, 4.69) is 22.4 Å². The van der Waals surface area contributed by atoms with E-state index in [4.69, 9.17) is 0 Å². The van der Waals surface area contributed by atoms with Crippen LogP contribution in [0.5, 0.6) is 11.5 Å². The normalized spacial score (nSPS) is 11.6. The average molecular weight is 285 g/mol. The zero-order chi connectivity index (χ0) is 14.4. The number of hydrogen-bond acceptors (Lipinski definition) is 4. The van der Waals surface area contributed by atoms with Crippen LogP contribution < -0.4 is 0 Å². The number of aliphatic imine (C=N–C) groups is 1. The van der Waals surface area contributed by atoms with Crippen molar-refractivity contribution in [1.82, 2.24) is 0 Å². The van der Waals surface area contributed by atoms with E-state index in [0.29, 0.717) is 6.54 Å². The van der Waals surface area contributed by atoms with Gasteiger partial charge in [-0.25, -0.2) is 4.99 Å². The van der Waals surface area contributed by atoms with Crippen molar-refractivity contribution in [3.05, 3.63) is 59.7 Å². The Hall–Kier alpha value is -2.16. The summed E-state index contributed by atoms with van der Waals surface area (Å²) in [5.74, 6) is 0.665. The quantitative estimate of drug-likeness (QED) is 0.652. The number of thiocarbonyl (C=S) groups is 1. The van der Waals surface area contributed by atoms with Crippen molar-refractivity contribution < 1.29 is 10.2 Å². The maximum atomic E-state index is 9.35. The van der Waals surface area contributed by atoms with Gasteiger partial charge in [-0.1, -0.05) is 24.3 Å². The van der Waals surface area contributed by atoms with Gasteiger partial charge in [-0.3, -0.25) is 0 Å². The van der Waals surface area contributed by atoms with Crippen molar-refractivity contribution in [2.24, 2.45) is 4.99 Å². The summed E-state index contributed by atoms with van der Waals surface area (Å²) < 4.78 is 0. The second-order valence-electron chi connectivity index (χ2n) is 4.59. The zero-order valence-electron chi connectivity index (χ0n) is 10.9. The van der Waals surface area contributed by atoms with Gasteiger partial charge in [0.2, 0.25) is 0 Å². The molecular weight excluding hydrogens is 270 g/mol. The Morgan fingerprint density at radius 1 is 0.950 bits per heavy atom. The summed E-state index contributed by atoms with van der Waals surface area (Å²) in [6, 6.07) is 14.2. The summed E-state index contributed by atoms with van der Waals surface area (Å²) >= 11 is 4.63. The largest absolute Gasteiger partial charge is 0.508 e. The molecule has 2 N–H and O–H groups in total. The van der Waals surface area contributed by atoms with E-state index in [1.165, 1.54) is 0 Å². The molecule has 0 saturated heterocycles. The van der Waals surface area contributed by atoms with Gasteiger partial charge in [0, 0.05) is 5.92 Å². The smallest absolute Gasteiger partial charge is 0.115 e. The van der Waals surface area contributed by atoms with Crippen LogP contribution in [0.4, 0.5) is 0 Å². The SMILES string of the molecule is Oc1ccc(CC(CN=C=S)c2ccc(O)cc2)cc1. The highest BCUT2D eigenvalue weighted by atomic mass is 32.1. The number of rotatable bonds is 5. The molecule has 0 spiro atoms. The minimum absolute atomic E-state index is 0.163. The topological polar surface area (TPSA) is 52.8 Å². The Morgan fingerprint density at radius 2 is 1.50 bits per heavy atom. The Labute approximate surface area is 123 Å². The molecule has 0 radical (unpaired) electrons. The Morgan fingerprint density at radius 3 is 2.05 bits per heavy atom. The molecule has 102 valence electrons. The number of hydrogen-bond donors (Lipinski definition) is 2. The van der Waals surface area contributed by atoms with Crippen molar-refractivity contribution in [3.63, 3.8) is 0 Å². The molecule has 0 heterocycles. The van der Waals surface area contributed by atoms with E-state index >= 15 is 0 Å². The van der Waals surface area contributed by atoms with Gasteiger partial charge in [0.1, 0.15) is 11.5 Å². The van der Waals surface area contributed by atoms with Gasteiger partial charge in [-0.05, 0) is 54.0 Å². The Bertz CT molecular complexity index is 601. The van der Waals surface area contributed by atoms with Crippen LogP contribution in [0.2, 0.25) is 0 Å². The molecule has 0 aliphatic rings. The van der Waals surface area contributed by atoms with Gasteiger partial charge in [-0.2, -0.15) is 0 Å². The lowest BCUT2D eigenvalue weighted by molar-refractivity contribution is 0.474. The summed E-state index contributed by atoms with van der Waals surface area (Å²) in [5.41, 5.74) is 2.20. The third-order valence-electron chi connectivity index (χ3n) is 3.16. The van der Waals surface area contributed by atoms with E-state index in [9.17, 15) is 10.2 Å². The van der Waals surface area contributed by atoms with Gasteiger partial charge < -0.3 is 10.2 Å². The third kappa shape index (κ3) is 3.92. The molecule has 20 heavy (non-hydrogen) atoms. The fraction of sp³-hybridized carbons (Fsp3) is 0.188. The maximum Gasteiger partial charge on any atom is 0.115 e. The fourth-order valence-corrected chi connectivity index (χ4v) is 2.17. The van der Waals surface area contributed by atoms with Gasteiger partial charge in [0.15, 0.2) is 0 Å². The van der Waals surface area contributed by atoms with E-state index in [-0.39, 0.29) is 17.4 Å². The molecule has 0 fully saturated rings. The van der Waals surface area contributed by atoms with Crippen LogP contribution in [0.15, 0.2) is 53.5 Å². The number of isothiocyanates is 1. The highest BCUT2D eigenvalue weighted by molar-refractivity contribution is 7.78. The van der Waals surface area contributed by atoms with Gasteiger partial charge in [0.05, 0.1) is 11.7 Å².